The van der Waals surface area contributed by atoms with Crippen LogP contribution in [0.25, 0.3) is 0 Å². The van der Waals surface area contributed by atoms with E-state index in [-0.39, 0.29) is 12.0 Å². The summed E-state index contributed by atoms with van der Waals surface area (Å²) in [5, 5.41) is 3.20. The van der Waals surface area contributed by atoms with Gasteiger partial charge in [-0.25, -0.2) is 4.98 Å². The Morgan fingerprint density at radius 2 is 2.31 bits per heavy atom. The molecule has 1 aromatic heterocycles. The highest BCUT2D eigenvalue weighted by molar-refractivity contribution is 6.51. The standard InChI is InChI=1S/C10H14Cl3N3/c1-2-3-4-15-9(10(12,13)7-11)16-6-5-14-8-16/h2-3,5-6,8-9,15H,4,7H2,1H3/b3-2+. The Kier molecular flexibility index (Phi) is 5.62. The molecule has 90 valence electrons. The lowest BCUT2D eigenvalue weighted by atomic mass is 10.3. The summed E-state index contributed by atoms with van der Waals surface area (Å²) in [6, 6.07) is 0. The van der Waals surface area contributed by atoms with Crippen molar-refractivity contribution in [3.8, 4) is 0 Å². The molecule has 1 aromatic rings. The van der Waals surface area contributed by atoms with Crippen LogP contribution in [0, 0.1) is 0 Å². The molecule has 0 aromatic carbocycles. The van der Waals surface area contributed by atoms with Gasteiger partial charge in [-0.1, -0.05) is 35.4 Å². The van der Waals surface area contributed by atoms with Crippen LogP contribution < -0.4 is 5.32 Å². The molecule has 16 heavy (non-hydrogen) atoms. The van der Waals surface area contributed by atoms with E-state index in [1.54, 1.807) is 23.3 Å². The van der Waals surface area contributed by atoms with Crippen molar-refractivity contribution in [2.75, 3.05) is 12.4 Å². The number of rotatable bonds is 6. The minimum absolute atomic E-state index is 0.127. The van der Waals surface area contributed by atoms with Gasteiger partial charge in [0.1, 0.15) is 6.17 Å². The molecule has 0 aliphatic rings. The van der Waals surface area contributed by atoms with Crippen molar-refractivity contribution in [1.82, 2.24) is 14.9 Å². The Hall–Kier alpha value is -0.220. The minimum Gasteiger partial charge on any atom is -0.318 e. The molecular weight excluding hydrogens is 268 g/mol. The monoisotopic (exact) mass is 281 g/mol. The van der Waals surface area contributed by atoms with Crippen LogP contribution in [0.15, 0.2) is 30.9 Å². The normalized spacial score (nSPS) is 14.5. The van der Waals surface area contributed by atoms with Gasteiger partial charge in [-0.05, 0) is 6.92 Å². The number of allylic oxidation sites excluding steroid dienone is 1. The van der Waals surface area contributed by atoms with Gasteiger partial charge in [-0.2, -0.15) is 0 Å². The summed E-state index contributed by atoms with van der Waals surface area (Å²) in [5.41, 5.74) is 0. The molecule has 0 saturated heterocycles. The Bertz CT molecular complexity index is 322. The van der Waals surface area contributed by atoms with Gasteiger partial charge in [-0.3, -0.25) is 5.32 Å². The first-order chi connectivity index (χ1) is 7.61. The Morgan fingerprint density at radius 1 is 1.56 bits per heavy atom. The Labute approximate surface area is 110 Å². The summed E-state index contributed by atoms with van der Waals surface area (Å²) in [7, 11) is 0. The zero-order valence-electron chi connectivity index (χ0n) is 8.91. The number of nitrogens with one attached hydrogen (secondary N) is 1. The maximum Gasteiger partial charge on any atom is 0.165 e. The summed E-state index contributed by atoms with van der Waals surface area (Å²) in [6.07, 6.45) is 8.72. The molecule has 0 fully saturated rings. The number of hydrogen-bond acceptors (Lipinski definition) is 2. The van der Waals surface area contributed by atoms with Gasteiger partial charge in [0.2, 0.25) is 0 Å². The van der Waals surface area contributed by atoms with Crippen LogP contribution in [-0.4, -0.2) is 26.3 Å². The zero-order valence-corrected chi connectivity index (χ0v) is 11.2. The quantitative estimate of drug-likeness (QED) is 0.642. The fraction of sp³-hybridized carbons (Fsp3) is 0.500. The second-order valence-electron chi connectivity index (χ2n) is 3.28. The average Bonchev–Trinajstić information content (AvgIpc) is 2.77. The molecule has 1 rings (SSSR count). The van der Waals surface area contributed by atoms with Crippen molar-refractivity contribution in [2.24, 2.45) is 0 Å². The van der Waals surface area contributed by atoms with E-state index in [2.05, 4.69) is 10.3 Å². The molecule has 0 aliphatic carbocycles. The summed E-state index contributed by atoms with van der Waals surface area (Å²) < 4.78 is 0.718. The molecule has 0 amide bonds. The van der Waals surface area contributed by atoms with Crippen molar-refractivity contribution in [3.63, 3.8) is 0 Å². The number of halogens is 3. The average molecular weight is 283 g/mol. The van der Waals surface area contributed by atoms with E-state index in [0.29, 0.717) is 6.54 Å². The van der Waals surface area contributed by atoms with E-state index in [1.807, 2.05) is 19.1 Å². The largest absolute Gasteiger partial charge is 0.318 e. The van der Waals surface area contributed by atoms with E-state index in [1.165, 1.54) is 0 Å². The zero-order chi connectivity index (χ0) is 12.0. The van der Waals surface area contributed by atoms with E-state index in [4.69, 9.17) is 34.8 Å². The molecule has 3 nitrogen and oxygen atoms in total. The second-order valence-corrected chi connectivity index (χ2v) is 5.09. The van der Waals surface area contributed by atoms with Crippen LogP contribution in [0.4, 0.5) is 0 Å². The highest BCUT2D eigenvalue weighted by atomic mass is 35.5. The summed E-state index contributed by atoms with van der Waals surface area (Å²) >= 11 is 18.1. The second kappa shape index (κ2) is 6.50. The number of alkyl halides is 3. The fourth-order valence-corrected chi connectivity index (χ4v) is 1.79. The number of hydrogen-bond donors (Lipinski definition) is 1. The molecule has 0 saturated carbocycles. The van der Waals surface area contributed by atoms with Crippen LogP contribution >= 0.6 is 34.8 Å². The van der Waals surface area contributed by atoms with E-state index >= 15 is 0 Å². The Balaban J connectivity index is 2.78. The molecule has 6 heteroatoms. The first-order valence-electron chi connectivity index (χ1n) is 4.87. The van der Waals surface area contributed by atoms with Gasteiger partial charge in [0.15, 0.2) is 4.33 Å². The molecule has 1 unspecified atom stereocenters. The van der Waals surface area contributed by atoms with Gasteiger partial charge in [-0.15, -0.1) is 11.6 Å². The van der Waals surface area contributed by atoms with Gasteiger partial charge < -0.3 is 4.57 Å². The minimum atomic E-state index is -1.08. The third kappa shape index (κ3) is 3.67. The summed E-state index contributed by atoms with van der Waals surface area (Å²) in [6.45, 7) is 2.61. The van der Waals surface area contributed by atoms with Crippen molar-refractivity contribution in [3.05, 3.63) is 30.9 Å². The highest BCUT2D eigenvalue weighted by Gasteiger charge is 2.34. The third-order valence-electron chi connectivity index (χ3n) is 2.07. The first-order valence-corrected chi connectivity index (χ1v) is 6.16. The lowest BCUT2D eigenvalue weighted by Crippen LogP contribution is -2.40. The summed E-state index contributed by atoms with van der Waals surface area (Å²) in [5.74, 6) is 0.127. The highest BCUT2D eigenvalue weighted by Crippen LogP contribution is 2.33. The third-order valence-corrected chi connectivity index (χ3v) is 3.44. The molecule has 1 N–H and O–H groups in total. The lowest BCUT2D eigenvalue weighted by Gasteiger charge is -2.29. The maximum absolute atomic E-state index is 6.16. The number of nitrogens with zero attached hydrogens (tertiary/aromatic N) is 2. The van der Waals surface area contributed by atoms with Crippen molar-refractivity contribution in [2.45, 2.75) is 17.4 Å². The van der Waals surface area contributed by atoms with E-state index in [0.717, 1.165) is 0 Å². The Morgan fingerprint density at radius 3 is 2.81 bits per heavy atom. The molecule has 0 aliphatic heterocycles. The van der Waals surface area contributed by atoms with Crippen molar-refractivity contribution in [1.29, 1.82) is 0 Å². The molecular formula is C10H14Cl3N3. The van der Waals surface area contributed by atoms with Gasteiger partial charge in [0.25, 0.3) is 0 Å². The molecule has 1 atom stereocenters. The smallest absolute Gasteiger partial charge is 0.165 e. The topological polar surface area (TPSA) is 29.9 Å². The molecule has 0 spiro atoms. The van der Waals surface area contributed by atoms with E-state index in [9.17, 15) is 0 Å². The molecule has 0 radical (unpaired) electrons. The van der Waals surface area contributed by atoms with Gasteiger partial charge in [0.05, 0.1) is 12.2 Å². The van der Waals surface area contributed by atoms with Gasteiger partial charge in [0, 0.05) is 18.9 Å². The van der Waals surface area contributed by atoms with Crippen LogP contribution in [0.3, 0.4) is 0 Å². The SMILES string of the molecule is C/C=C/CNC(n1ccnc1)C(Cl)(Cl)CCl. The van der Waals surface area contributed by atoms with E-state index < -0.39 is 4.33 Å². The maximum atomic E-state index is 6.16. The molecule has 0 bridgehead atoms. The summed E-state index contributed by atoms with van der Waals surface area (Å²) in [4.78, 5) is 3.96. The lowest BCUT2D eigenvalue weighted by molar-refractivity contribution is 0.392. The number of aromatic nitrogens is 2. The van der Waals surface area contributed by atoms with Crippen LogP contribution in [0.5, 0.6) is 0 Å². The van der Waals surface area contributed by atoms with Crippen molar-refractivity contribution >= 4 is 34.8 Å². The van der Waals surface area contributed by atoms with Crippen molar-refractivity contribution < 1.29 is 0 Å². The predicted octanol–water partition coefficient (Wildman–Crippen LogP) is 2.96. The van der Waals surface area contributed by atoms with Crippen LogP contribution in [0.1, 0.15) is 13.1 Å². The predicted molar refractivity (Wildman–Crippen MR) is 69.2 cm³/mol. The molecule has 1 heterocycles. The van der Waals surface area contributed by atoms with Crippen LogP contribution in [0.2, 0.25) is 0 Å². The van der Waals surface area contributed by atoms with Crippen LogP contribution in [-0.2, 0) is 0 Å². The van der Waals surface area contributed by atoms with Gasteiger partial charge >= 0.3 is 0 Å². The number of imidazole rings is 1. The first kappa shape index (κ1) is 13.8. The fourth-order valence-electron chi connectivity index (χ4n) is 1.27.